The molecule has 3 aromatic rings. The molecule has 0 aliphatic heterocycles. The Morgan fingerprint density at radius 3 is 2.54 bits per heavy atom. The van der Waals surface area contributed by atoms with Gasteiger partial charge in [-0.2, -0.15) is 0 Å². The number of nitro groups is 1. The Bertz CT molecular complexity index is 994. The van der Waals surface area contributed by atoms with Gasteiger partial charge in [0.25, 0.3) is 0 Å². The lowest BCUT2D eigenvalue weighted by molar-refractivity contribution is -0.513. The third kappa shape index (κ3) is 3.69. The van der Waals surface area contributed by atoms with Crippen LogP contribution in [0.5, 0.6) is 5.75 Å². The second-order valence-electron chi connectivity index (χ2n) is 6.53. The van der Waals surface area contributed by atoms with Gasteiger partial charge in [0.2, 0.25) is 0 Å². The Morgan fingerprint density at radius 1 is 1.21 bits per heavy atom. The number of aromatic amines is 1. The fraction of sp³-hybridized carbons (Fsp3) is 0.286. The van der Waals surface area contributed by atoms with Crippen LogP contribution in [0.25, 0.3) is 10.9 Å². The highest BCUT2D eigenvalue weighted by Crippen LogP contribution is 2.36. The van der Waals surface area contributed by atoms with Crippen molar-refractivity contribution in [1.29, 1.82) is 0 Å². The van der Waals surface area contributed by atoms with Crippen molar-refractivity contribution in [3.05, 3.63) is 75.5 Å². The van der Waals surface area contributed by atoms with Gasteiger partial charge in [-0.25, -0.2) is 4.79 Å². The van der Waals surface area contributed by atoms with E-state index >= 15 is 0 Å². The molecule has 0 saturated heterocycles. The van der Waals surface area contributed by atoms with E-state index in [-0.39, 0.29) is 6.61 Å². The Balaban J connectivity index is 2.20. The van der Waals surface area contributed by atoms with Crippen molar-refractivity contribution in [2.75, 3.05) is 13.7 Å². The van der Waals surface area contributed by atoms with Crippen LogP contribution in [0, 0.1) is 17.0 Å². The van der Waals surface area contributed by atoms with Crippen LogP contribution in [0.15, 0.2) is 48.7 Å². The van der Waals surface area contributed by atoms with Gasteiger partial charge >= 0.3 is 12.0 Å². The van der Waals surface area contributed by atoms with Crippen LogP contribution in [0.2, 0.25) is 0 Å². The molecule has 2 aromatic carbocycles. The predicted molar refractivity (Wildman–Crippen MR) is 105 cm³/mol. The van der Waals surface area contributed by atoms with Gasteiger partial charge in [-0.1, -0.05) is 29.8 Å². The molecule has 0 radical (unpaired) electrons. The van der Waals surface area contributed by atoms with Crippen LogP contribution >= 0.6 is 0 Å². The minimum atomic E-state index is -1.55. The van der Waals surface area contributed by atoms with Gasteiger partial charge < -0.3 is 14.5 Å². The molecule has 3 rings (SSSR count). The summed E-state index contributed by atoms with van der Waals surface area (Å²) in [6.45, 7) is 3.65. The predicted octanol–water partition coefficient (Wildman–Crippen LogP) is 3.83. The lowest BCUT2D eigenvalue weighted by Gasteiger charge is -2.20. The summed E-state index contributed by atoms with van der Waals surface area (Å²) < 4.78 is 10.3. The van der Waals surface area contributed by atoms with Gasteiger partial charge in [0, 0.05) is 28.1 Å². The number of ether oxygens (including phenoxy) is 2. The largest absolute Gasteiger partial charge is 0.497 e. The number of aryl methyl sites for hydroxylation is 1. The molecule has 0 fully saturated rings. The number of nitrogens with one attached hydrogen (secondary N) is 1. The fourth-order valence-corrected chi connectivity index (χ4v) is 3.39. The number of hydrogen-bond acceptors (Lipinski definition) is 5. The zero-order valence-electron chi connectivity index (χ0n) is 16.0. The first-order valence-electron chi connectivity index (χ1n) is 8.98. The van der Waals surface area contributed by atoms with E-state index in [4.69, 9.17) is 9.47 Å². The first-order chi connectivity index (χ1) is 13.5. The quantitative estimate of drug-likeness (QED) is 0.381. The third-order valence-corrected chi connectivity index (χ3v) is 4.76. The topological polar surface area (TPSA) is 94.5 Å². The molecule has 0 spiro atoms. The van der Waals surface area contributed by atoms with Crippen molar-refractivity contribution >= 4 is 16.9 Å². The Kier molecular flexibility index (Phi) is 5.63. The molecule has 28 heavy (non-hydrogen) atoms. The molecule has 1 heterocycles. The molecule has 0 bridgehead atoms. The van der Waals surface area contributed by atoms with Crippen LogP contribution in [0.3, 0.4) is 0 Å². The molecule has 7 heteroatoms. The van der Waals surface area contributed by atoms with Gasteiger partial charge in [-0.3, -0.25) is 10.1 Å². The van der Waals surface area contributed by atoms with Crippen molar-refractivity contribution in [3.63, 3.8) is 0 Å². The number of methoxy groups -OCH3 is 1. The Hall–Kier alpha value is -3.35. The highest BCUT2D eigenvalue weighted by molar-refractivity contribution is 5.87. The molecule has 2 atom stereocenters. The van der Waals surface area contributed by atoms with Gasteiger partial charge in [0.15, 0.2) is 0 Å². The molecule has 1 aromatic heterocycles. The van der Waals surface area contributed by atoms with Crippen LogP contribution in [-0.4, -0.2) is 35.6 Å². The molecule has 1 unspecified atom stereocenters. The van der Waals surface area contributed by atoms with E-state index in [1.165, 1.54) is 0 Å². The highest BCUT2D eigenvalue weighted by atomic mass is 16.6. The third-order valence-electron chi connectivity index (χ3n) is 4.76. The molecule has 146 valence electrons. The van der Waals surface area contributed by atoms with Crippen LogP contribution in [0.1, 0.15) is 29.5 Å². The first-order valence-corrected chi connectivity index (χ1v) is 8.98. The second kappa shape index (κ2) is 8.12. The molecule has 1 N–H and O–H groups in total. The van der Waals surface area contributed by atoms with Crippen LogP contribution in [0.4, 0.5) is 0 Å². The number of H-pyrrole nitrogens is 1. The molecular formula is C21H22N2O5. The van der Waals surface area contributed by atoms with E-state index in [1.54, 1.807) is 26.3 Å². The van der Waals surface area contributed by atoms with E-state index in [0.29, 0.717) is 16.9 Å². The normalized spacial score (nSPS) is 13.1. The summed E-state index contributed by atoms with van der Waals surface area (Å²) in [7, 11) is 1.57. The van der Waals surface area contributed by atoms with Crippen molar-refractivity contribution in [2.45, 2.75) is 25.8 Å². The molecule has 0 amide bonds. The Labute approximate surface area is 162 Å². The van der Waals surface area contributed by atoms with E-state index in [2.05, 4.69) is 4.98 Å². The zero-order chi connectivity index (χ0) is 20.3. The SMILES string of the molecule is CCOC(=O)C([C@@H](c1ccc(C)cc1)c1c[nH]c2cc(OC)ccc12)[N+](=O)[O-]. The molecular weight excluding hydrogens is 360 g/mol. The number of nitrogens with zero attached hydrogens (tertiary/aromatic N) is 1. The molecule has 7 nitrogen and oxygen atoms in total. The van der Waals surface area contributed by atoms with E-state index in [0.717, 1.165) is 16.5 Å². The number of rotatable bonds is 7. The van der Waals surface area contributed by atoms with Crippen molar-refractivity contribution in [2.24, 2.45) is 0 Å². The minimum absolute atomic E-state index is 0.0782. The average Bonchev–Trinajstić information content (AvgIpc) is 3.09. The van der Waals surface area contributed by atoms with Crippen LogP contribution in [-0.2, 0) is 9.53 Å². The van der Waals surface area contributed by atoms with Crippen LogP contribution < -0.4 is 4.74 Å². The van der Waals surface area contributed by atoms with Crippen molar-refractivity contribution < 1.29 is 19.2 Å². The lowest BCUT2D eigenvalue weighted by Crippen LogP contribution is -2.37. The minimum Gasteiger partial charge on any atom is -0.497 e. The van der Waals surface area contributed by atoms with Gasteiger partial charge in [-0.15, -0.1) is 0 Å². The number of benzene rings is 2. The van der Waals surface area contributed by atoms with E-state index in [1.807, 2.05) is 43.3 Å². The summed E-state index contributed by atoms with van der Waals surface area (Å²) in [5, 5.41) is 12.7. The number of esters is 1. The maximum atomic E-state index is 12.5. The first kappa shape index (κ1) is 19.4. The number of aromatic nitrogens is 1. The summed E-state index contributed by atoms with van der Waals surface area (Å²) in [5.74, 6) is -0.971. The maximum absolute atomic E-state index is 12.5. The van der Waals surface area contributed by atoms with Gasteiger partial charge in [-0.05, 0) is 37.1 Å². The standard InChI is InChI=1S/C21H22N2O5/c1-4-28-21(24)20(23(25)26)19(14-7-5-13(2)6-8-14)17-12-22-18-11-15(27-3)9-10-16(17)18/h5-12,19-20,22H,4H2,1-3H3/t19-,20?/m0/s1. The highest BCUT2D eigenvalue weighted by Gasteiger charge is 2.43. The number of carbonyl (C=O) groups excluding carboxylic acids is 1. The summed E-state index contributed by atoms with van der Waals surface area (Å²) in [5.41, 5.74) is 3.14. The monoisotopic (exact) mass is 382 g/mol. The molecule has 0 aliphatic carbocycles. The number of hydrogen-bond donors (Lipinski definition) is 1. The summed E-state index contributed by atoms with van der Waals surface area (Å²) in [4.78, 5) is 27.0. The van der Waals surface area contributed by atoms with E-state index in [9.17, 15) is 14.9 Å². The average molecular weight is 382 g/mol. The Morgan fingerprint density at radius 2 is 1.93 bits per heavy atom. The number of fused-ring (bicyclic) bond motifs is 1. The summed E-state index contributed by atoms with van der Waals surface area (Å²) in [6.07, 6.45) is 1.71. The lowest BCUT2D eigenvalue weighted by atomic mass is 9.84. The van der Waals surface area contributed by atoms with Gasteiger partial charge in [0.05, 0.1) is 19.6 Å². The smallest absolute Gasteiger partial charge is 0.382 e. The summed E-state index contributed by atoms with van der Waals surface area (Å²) >= 11 is 0. The van der Waals surface area contributed by atoms with Crippen molar-refractivity contribution in [3.8, 4) is 5.75 Å². The maximum Gasteiger partial charge on any atom is 0.382 e. The van der Waals surface area contributed by atoms with Crippen molar-refractivity contribution in [1.82, 2.24) is 4.98 Å². The molecule has 0 saturated carbocycles. The fourth-order valence-electron chi connectivity index (χ4n) is 3.39. The van der Waals surface area contributed by atoms with Gasteiger partial charge in [0.1, 0.15) is 5.75 Å². The number of carbonyl (C=O) groups is 1. The molecule has 0 aliphatic rings. The summed E-state index contributed by atoms with van der Waals surface area (Å²) in [6, 6.07) is 11.3. The zero-order valence-corrected chi connectivity index (χ0v) is 16.0. The van der Waals surface area contributed by atoms with E-state index < -0.39 is 22.9 Å². The second-order valence-corrected chi connectivity index (χ2v) is 6.53.